The van der Waals surface area contributed by atoms with E-state index in [1.807, 2.05) is 12.1 Å². The third-order valence-corrected chi connectivity index (χ3v) is 4.74. The molecule has 2 fully saturated rings. The first kappa shape index (κ1) is 12.9. The highest BCUT2D eigenvalue weighted by Crippen LogP contribution is 2.34. The molecular weight excluding hydrogens is 238 g/mol. The maximum Gasteiger partial charge on any atom is 0.195 e. The van der Waals surface area contributed by atoms with E-state index in [1.54, 1.807) is 12.3 Å². The number of likely N-dealkylation sites (tertiary alicyclic amines) is 1. The molecule has 0 spiro atoms. The Balaban J connectivity index is 1.59. The van der Waals surface area contributed by atoms with Crippen molar-refractivity contribution in [3.63, 3.8) is 0 Å². The predicted octanol–water partition coefficient (Wildman–Crippen LogP) is 1.38. The fraction of sp³-hybridized carbons (Fsp3) is 0.667. The van der Waals surface area contributed by atoms with Gasteiger partial charge in [-0.3, -0.25) is 4.90 Å². The highest BCUT2D eigenvalue weighted by molar-refractivity contribution is 5.06. The molecule has 19 heavy (non-hydrogen) atoms. The SMILES string of the molecule is N[C@@H]1CCN([C@H]2CC[C@H](c3cccc[n+]3[O-])CC2)C1. The molecule has 2 heterocycles. The molecule has 4 heteroatoms. The van der Waals surface area contributed by atoms with Crippen LogP contribution in [0.5, 0.6) is 0 Å². The molecule has 1 saturated heterocycles. The van der Waals surface area contributed by atoms with Gasteiger partial charge < -0.3 is 10.9 Å². The maximum atomic E-state index is 11.8. The number of nitrogens with zero attached hydrogens (tertiary/aromatic N) is 2. The molecule has 1 aliphatic carbocycles. The number of hydrogen-bond donors (Lipinski definition) is 1. The molecule has 2 N–H and O–H groups in total. The van der Waals surface area contributed by atoms with Crippen LogP contribution in [0.25, 0.3) is 0 Å². The van der Waals surface area contributed by atoms with Crippen LogP contribution in [0.1, 0.15) is 43.7 Å². The Morgan fingerprint density at radius 3 is 2.58 bits per heavy atom. The highest BCUT2D eigenvalue weighted by atomic mass is 16.5. The van der Waals surface area contributed by atoms with Crippen LogP contribution in [0, 0.1) is 5.21 Å². The lowest BCUT2D eigenvalue weighted by molar-refractivity contribution is -0.616. The summed E-state index contributed by atoms with van der Waals surface area (Å²) in [5.41, 5.74) is 6.93. The summed E-state index contributed by atoms with van der Waals surface area (Å²) < 4.78 is 1.04. The Morgan fingerprint density at radius 1 is 1.16 bits per heavy atom. The van der Waals surface area contributed by atoms with Crippen molar-refractivity contribution in [1.82, 2.24) is 4.90 Å². The van der Waals surface area contributed by atoms with E-state index in [4.69, 9.17) is 5.73 Å². The van der Waals surface area contributed by atoms with Gasteiger partial charge in [-0.1, -0.05) is 6.07 Å². The second-order valence-corrected chi connectivity index (χ2v) is 6.00. The lowest BCUT2D eigenvalue weighted by Gasteiger charge is -2.33. The van der Waals surface area contributed by atoms with Crippen LogP contribution in [-0.4, -0.2) is 30.1 Å². The number of rotatable bonds is 2. The Kier molecular flexibility index (Phi) is 3.71. The van der Waals surface area contributed by atoms with E-state index in [0.717, 1.165) is 42.8 Å². The number of pyridine rings is 1. The highest BCUT2D eigenvalue weighted by Gasteiger charge is 2.32. The average Bonchev–Trinajstić information content (AvgIpc) is 2.86. The molecule has 0 aromatic carbocycles. The zero-order valence-corrected chi connectivity index (χ0v) is 11.4. The van der Waals surface area contributed by atoms with Gasteiger partial charge in [-0.05, 0) is 32.1 Å². The summed E-state index contributed by atoms with van der Waals surface area (Å²) in [6.45, 7) is 2.21. The fourth-order valence-electron chi connectivity index (χ4n) is 3.64. The molecule has 1 atom stereocenters. The Bertz CT molecular complexity index is 429. The molecule has 0 radical (unpaired) electrons. The van der Waals surface area contributed by atoms with E-state index >= 15 is 0 Å². The van der Waals surface area contributed by atoms with Gasteiger partial charge in [-0.25, -0.2) is 0 Å². The smallest absolute Gasteiger partial charge is 0.195 e. The third kappa shape index (κ3) is 2.74. The Hall–Kier alpha value is -1.13. The lowest BCUT2D eigenvalue weighted by atomic mass is 9.83. The largest absolute Gasteiger partial charge is 0.618 e. The van der Waals surface area contributed by atoms with Crippen molar-refractivity contribution >= 4 is 0 Å². The maximum absolute atomic E-state index is 11.8. The molecule has 3 rings (SSSR count). The van der Waals surface area contributed by atoms with Gasteiger partial charge in [-0.2, -0.15) is 4.73 Å². The first-order valence-electron chi connectivity index (χ1n) is 7.42. The summed E-state index contributed by atoms with van der Waals surface area (Å²) in [5.74, 6) is 0.436. The van der Waals surface area contributed by atoms with Crippen molar-refractivity contribution in [2.24, 2.45) is 5.73 Å². The number of nitrogens with two attached hydrogens (primary N) is 1. The van der Waals surface area contributed by atoms with Gasteiger partial charge in [0.15, 0.2) is 11.9 Å². The molecule has 1 saturated carbocycles. The lowest BCUT2D eigenvalue weighted by Crippen LogP contribution is -2.40. The second-order valence-electron chi connectivity index (χ2n) is 6.00. The van der Waals surface area contributed by atoms with Gasteiger partial charge in [0, 0.05) is 43.2 Å². The van der Waals surface area contributed by atoms with Crippen molar-refractivity contribution < 1.29 is 4.73 Å². The summed E-state index contributed by atoms with van der Waals surface area (Å²) >= 11 is 0. The van der Waals surface area contributed by atoms with Gasteiger partial charge >= 0.3 is 0 Å². The van der Waals surface area contributed by atoms with Crippen LogP contribution in [0.4, 0.5) is 0 Å². The summed E-state index contributed by atoms with van der Waals surface area (Å²) in [4.78, 5) is 2.55. The van der Waals surface area contributed by atoms with Crippen molar-refractivity contribution in [3.05, 3.63) is 35.3 Å². The average molecular weight is 261 g/mol. The van der Waals surface area contributed by atoms with Crippen LogP contribution < -0.4 is 10.5 Å². The first-order valence-corrected chi connectivity index (χ1v) is 7.42. The van der Waals surface area contributed by atoms with Gasteiger partial charge in [0.1, 0.15) is 0 Å². The molecule has 1 aromatic rings. The van der Waals surface area contributed by atoms with E-state index in [0.29, 0.717) is 18.0 Å². The molecule has 0 unspecified atom stereocenters. The summed E-state index contributed by atoms with van der Waals surface area (Å²) in [5, 5.41) is 11.8. The normalized spacial score (nSPS) is 32.6. The fourth-order valence-corrected chi connectivity index (χ4v) is 3.64. The summed E-state index contributed by atoms with van der Waals surface area (Å²) in [6, 6.07) is 6.80. The third-order valence-electron chi connectivity index (χ3n) is 4.74. The molecule has 0 amide bonds. The number of aromatic nitrogens is 1. The molecule has 1 aromatic heterocycles. The molecule has 2 aliphatic rings. The van der Waals surface area contributed by atoms with Crippen molar-refractivity contribution in [2.45, 2.75) is 50.1 Å². The van der Waals surface area contributed by atoms with E-state index in [1.165, 1.54) is 12.8 Å². The summed E-state index contributed by atoms with van der Waals surface area (Å²) in [6.07, 6.45) is 7.41. The van der Waals surface area contributed by atoms with E-state index in [9.17, 15) is 5.21 Å². The van der Waals surface area contributed by atoms with E-state index in [2.05, 4.69) is 4.90 Å². The van der Waals surface area contributed by atoms with Gasteiger partial charge in [-0.15, -0.1) is 0 Å². The monoisotopic (exact) mass is 261 g/mol. The number of hydrogen-bond acceptors (Lipinski definition) is 3. The van der Waals surface area contributed by atoms with Crippen LogP contribution in [0.15, 0.2) is 24.4 Å². The minimum atomic E-state index is 0.371. The summed E-state index contributed by atoms with van der Waals surface area (Å²) in [7, 11) is 0. The quantitative estimate of drug-likeness (QED) is 0.646. The van der Waals surface area contributed by atoms with Crippen molar-refractivity contribution in [2.75, 3.05) is 13.1 Å². The molecule has 104 valence electrons. The van der Waals surface area contributed by atoms with Crippen LogP contribution in [0.3, 0.4) is 0 Å². The van der Waals surface area contributed by atoms with Crippen LogP contribution in [0.2, 0.25) is 0 Å². The van der Waals surface area contributed by atoms with Crippen LogP contribution >= 0.6 is 0 Å². The molecule has 1 aliphatic heterocycles. The zero-order valence-electron chi connectivity index (χ0n) is 11.4. The van der Waals surface area contributed by atoms with Gasteiger partial charge in [0.25, 0.3) is 0 Å². The minimum absolute atomic E-state index is 0.371. The van der Waals surface area contributed by atoms with Gasteiger partial charge in [0.05, 0.1) is 0 Å². The minimum Gasteiger partial charge on any atom is -0.618 e. The van der Waals surface area contributed by atoms with Crippen molar-refractivity contribution in [1.29, 1.82) is 0 Å². The second kappa shape index (κ2) is 5.47. The Labute approximate surface area is 114 Å². The zero-order chi connectivity index (χ0) is 13.2. The van der Waals surface area contributed by atoms with E-state index < -0.39 is 0 Å². The van der Waals surface area contributed by atoms with Crippen molar-refractivity contribution in [3.8, 4) is 0 Å². The predicted molar refractivity (Wildman–Crippen MR) is 74.6 cm³/mol. The standard InChI is InChI=1S/C15H23N3O/c16-13-8-10-17(11-13)14-6-4-12(5-7-14)15-3-1-2-9-18(15)19/h1-3,9,12-14H,4-8,10-11,16H2/t12-,13-,14-/m1/s1. The molecule has 0 bridgehead atoms. The Morgan fingerprint density at radius 2 is 1.95 bits per heavy atom. The molecule has 4 nitrogen and oxygen atoms in total. The molecular formula is C15H23N3O. The topological polar surface area (TPSA) is 56.2 Å². The van der Waals surface area contributed by atoms with E-state index in [-0.39, 0.29) is 0 Å². The first-order chi connectivity index (χ1) is 9.24. The van der Waals surface area contributed by atoms with Gasteiger partial charge in [0.2, 0.25) is 0 Å². The van der Waals surface area contributed by atoms with Crippen LogP contribution in [-0.2, 0) is 0 Å².